The predicted molar refractivity (Wildman–Crippen MR) is 101 cm³/mol. The first-order valence-corrected chi connectivity index (χ1v) is 8.78. The molecule has 0 aliphatic rings. The van der Waals surface area contributed by atoms with Crippen LogP contribution in [0.3, 0.4) is 0 Å². The number of ketones is 2. The van der Waals surface area contributed by atoms with Gasteiger partial charge in [0.05, 0.1) is 23.3 Å². The summed E-state index contributed by atoms with van der Waals surface area (Å²) in [5.74, 6) is -0.286. The molecule has 0 bridgehead atoms. The molecule has 0 aliphatic heterocycles. The first-order chi connectivity index (χ1) is 12.4. The molecule has 2 heterocycles. The molecule has 3 aromatic rings. The fourth-order valence-corrected chi connectivity index (χ4v) is 3.64. The van der Waals surface area contributed by atoms with Gasteiger partial charge in [-0.05, 0) is 44.9 Å². The van der Waals surface area contributed by atoms with Crippen molar-refractivity contribution in [2.75, 3.05) is 0 Å². The van der Waals surface area contributed by atoms with Gasteiger partial charge in [0.25, 0.3) is 0 Å². The first-order valence-electron chi connectivity index (χ1n) is 8.78. The number of carbonyl (C=O) groups is 2. The van der Waals surface area contributed by atoms with E-state index in [0.717, 1.165) is 17.5 Å². The molecule has 6 nitrogen and oxygen atoms in total. The van der Waals surface area contributed by atoms with E-state index >= 15 is 0 Å². The fraction of sp³-hybridized carbons (Fsp3) is 0.350. The molecular formula is C20H23N3O3. The Morgan fingerprint density at radius 2 is 1.69 bits per heavy atom. The number of nitrogens with one attached hydrogen (secondary N) is 1. The molecule has 2 aromatic heterocycles. The van der Waals surface area contributed by atoms with Crippen LogP contribution in [0.15, 0.2) is 29.1 Å². The summed E-state index contributed by atoms with van der Waals surface area (Å²) in [5, 5.41) is 0. The number of rotatable bonds is 6. The Kier molecular flexibility index (Phi) is 4.68. The number of imidazole rings is 1. The number of benzene rings is 1. The number of aromatic amines is 1. The summed E-state index contributed by atoms with van der Waals surface area (Å²) in [6, 6.07) is 7.49. The normalized spacial score (nSPS) is 11.2. The van der Waals surface area contributed by atoms with E-state index in [1.54, 1.807) is 18.4 Å². The van der Waals surface area contributed by atoms with Crippen molar-refractivity contribution in [2.45, 2.75) is 47.2 Å². The van der Waals surface area contributed by atoms with Gasteiger partial charge >= 0.3 is 5.69 Å². The number of nitrogens with zero attached hydrogens (tertiary/aromatic N) is 2. The number of hydrogen-bond donors (Lipinski definition) is 1. The third kappa shape index (κ3) is 2.81. The van der Waals surface area contributed by atoms with E-state index in [-0.39, 0.29) is 23.8 Å². The second-order valence-electron chi connectivity index (χ2n) is 6.61. The highest BCUT2D eigenvalue weighted by Gasteiger charge is 2.22. The molecule has 0 aliphatic carbocycles. The summed E-state index contributed by atoms with van der Waals surface area (Å²) in [7, 11) is 0. The minimum Gasteiger partial charge on any atom is -0.355 e. The van der Waals surface area contributed by atoms with Gasteiger partial charge < -0.3 is 4.98 Å². The lowest BCUT2D eigenvalue weighted by molar-refractivity contribution is 0.0966. The number of para-hydroxylation sites is 2. The van der Waals surface area contributed by atoms with Crippen LogP contribution in [0.5, 0.6) is 0 Å². The SMILES string of the molecule is CCCn1c(=O)n(CC(=O)c2[nH]c(C)c(C(C)=O)c2C)c2ccccc21. The zero-order valence-corrected chi connectivity index (χ0v) is 15.5. The molecule has 26 heavy (non-hydrogen) atoms. The van der Waals surface area contributed by atoms with Crippen molar-refractivity contribution in [1.29, 1.82) is 0 Å². The average Bonchev–Trinajstić information content (AvgIpc) is 3.04. The van der Waals surface area contributed by atoms with Crippen LogP contribution in [0.25, 0.3) is 11.0 Å². The maximum atomic E-state index is 12.9. The van der Waals surface area contributed by atoms with Crippen molar-refractivity contribution in [1.82, 2.24) is 14.1 Å². The smallest absolute Gasteiger partial charge is 0.329 e. The molecule has 1 N–H and O–H groups in total. The Morgan fingerprint density at radius 1 is 1.08 bits per heavy atom. The van der Waals surface area contributed by atoms with Gasteiger partial charge in [0.2, 0.25) is 0 Å². The minimum atomic E-state index is -0.209. The first kappa shape index (κ1) is 17.9. The molecule has 0 saturated carbocycles. The summed E-state index contributed by atoms with van der Waals surface area (Å²) in [4.78, 5) is 40.5. The Morgan fingerprint density at radius 3 is 2.23 bits per heavy atom. The predicted octanol–water partition coefficient (Wildman–Crippen LogP) is 3.24. The standard InChI is InChI=1S/C20H23N3O3/c1-5-10-22-15-8-6-7-9-16(15)23(20(22)26)11-17(25)19-12(2)18(14(4)24)13(3)21-19/h6-9,21H,5,10-11H2,1-4H3. The maximum absolute atomic E-state index is 12.9. The zero-order chi connectivity index (χ0) is 19.0. The van der Waals surface area contributed by atoms with E-state index in [2.05, 4.69) is 4.98 Å². The third-order valence-corrected chi connectivity index (χ3v) is 4.74. The molecule has 0 saturated heterocycles. The highest BCUT2D eigenvalue weighted by Crippen LogP contribution is 2.20. The molecule has 0 spiro atoms. The lowest BCUT2D eigenvalue weighted by atomic mass is 10.1. The second-order valence-corrected chi connectivity index (χ2v) is 6.61. The van der Waals surface area contributed by atoms with Gasteiger partial charge in [0, 0.05) is 17.8 Å². The molecule has 6 heteroatoms. The summed E-state index contributed by atoms with van der Waals surface area (Å²) in [6.07, 6.45) is 0.832. The largest absolute Gasteiger partial charge is 0.355 e. The Balaban J connectivity index is 2.06. The van der Waals surface area contributed by atoms with Crippen molar-refractivity contribution in [3.05, 3.63) is 57.3 Å². The average molecular weight is 353 g/mol. The summed E-state index contributed by atoms with van der Waals surface area (Å²) in [5.41, 5.74) is 3.66. The number of aromatic nitrogens is 3. The van der Waals surface area contributed by atoms with Crippen molar-refractivity contribution in [2.24, 2.45) is 0 Å². The molecule has 0 atom stereocenters. The van der Waals surface area contributed by atoms with Gasteiger partial charge in [-0.2, -0.15) is 0 Å². The summed E-state index contributed by atoms with van der Waals surface area (Å²) < 4.78 is 3.22. The topological polar surface area (TPSA) is 76.9 Å². The molecule has 1 aromatic carbocycles. The highest BCUT2D eigenvalue weighted by atomic mass is 16.2. The number of fused-ring (bicyclic) bond motifs is 1. The van der Waals surface area contributed by atoms with E-state index in [0.29, 0.717) is 29.1 Å². The Bertz CT molecular complexity index is 1070. The van der Waals surface area contributed by atoms with Crippen molar-refractivity contribution < 1.29 is 9.59 Å². The molecular weight excluding hydrogens is 330 g/mol. The minimum absolute atomic E-state index is 0.0613. The van der Waals surface area contributed by atoms with Crippen LogP contribution in [0.4, 0.5) is 0 Å². The van der Waals surface area contributed by atoms with Crippen LogP contribution < -0.4 is 5.69 Å². The zero-order valence-electron chi connectivity index (χ0n) is 15.5. The van der Waals surface area contributed by atoms with Crippen LogP contribution in [0.1, 0.15) is 52.4 Å². The number of Topliss-reactive ketones (excluding diaryl/α,β-unsaturated/α-hetero) is 2. The highest BCUT2D eigenvalue weighted by molar-refractivity contribution is 6.03. The van der Waals surface area contributed by atoms with Crippen LogP contribution >= 0.6 is 0 Å². The van der Waals surface area contributed by atoms with Crippen molar-refractivity contribution >= 4 is 22.6 Å². The molecule has 0 amide bonds. The number of carbonyl (C=O) groups excluding carboxylic acids is 2. The van der Waals surface area contributed by atoms with E-state index in [9.17, 15) is 14.4 Å². The molecule has 136 valence electrons. The summed E-state index contributed by atoms with van der Waals surface area (Å²) >= 11 is 0. The quantitative estimate of drug-likeness (QED) is 0.691. The Labute approximate surface area is 151 Å². The molecule has 0 fully saturated rings. The molecule has 3 rings (SSSR count). The van der Waals surface area contributed by atoms with Crippen LogP contribution in [-0.2, 0) is 13.1 Å². The van der Waals surface area contributed by atoms with Gasteiger partial charge in [0.1, 0.15) is 0 Å². The van der Waals surface area contributed by atoms with Gasteiger partial charge in [0.15, 0.2) is 11.6 Å². The Hall–Kier alpha value is -2.89. The number of H-pyrrole nitrogens is 1. The van der Waals surface area contributed by atoms with Crippen LogP contribution in [0.2, 0.25) is 0 Å². The van der Waals surface area contributed by atoms with E-state index in [1.807, 2.05) is 31.2 Å². The van der Waals surface area contributed by atoms with E-state index < -0.39 is 0 Å². The lowest BCUT2D eigenvalue weighted by Crippen LogP contribution is -2.27. The summed E-state index contributed by atoms with van der Waals surface area (Å²) in [6.45, 7) is 7.58. The van der Waals surface area contributed by atoms with E-state index in [1.165, 1.54) is 11.5 Å². The van der Waals surface area contributed by atoms with E-state index in [4.69, 9.17) is 0 Å². The van der Waals surface area contributed by atoms with Crippen LogP contribution in [0, 0.1) is 13.8 Å². The number of aryl methyl sites for hydroxylation is 2. The van der Waals surface area contributed by atoms with Gasteiger partial charge in [-0.3, -0.25) is 18.7 Å². The monoisotopic (exact) mass is 353 g/mol. The van der Waals surface area contributed by atoms with Gasteiger partial charge in [-0.1, -0.05) is 19.1 Å². The van der Waals surface area contributed by atoms with Crippen molar-refractivity contribution in [3.63, 3.8) is 0 Å². The molecule has 0 radical (unpaired) electrons. The van der Waals surface area contributed by atoms with Crippen molar-refractivity contribution in [3.8, 4) is 0 Å². The number of hydrogen-bond acceptors (Lipinski definition) is 3. The lowest BCUT2D eigenvalue weighted by Gasteiger charge is -2.03. The van der Waals surface area contributed by atoms with Gasteiger partial charge in [-0.25, -0.2) is 4.79 Å². The maximum Gasteiger partial charge on any atom is 0.329 e. The molecule has 0 unspecified atom stereocenters. The second kappa shape index (κ2) is 6.78. The van der Waals surface area contributed by atoms with Crippen LogP contribution in [-0.4, -0.2) is 25.7 Å². The fourth-order valence-electron chi connectivity index (χ4n) is 3.64. The van der Waals surface area contributed by atoms with Gasteiger partial charge in [-0.15, -0.1) is 0 Å². The third-order valence-electron chi connectivity index (χ3n) is 4.74.